The van der Waals surface area contributed by atoms with Crippen LogP contribution in [0.25, 0.3) is 17.0 Å². The molecule has 1 heterocycles. The van der Waals surface area contributed by atoms with Gasteiger partial charge in [0.1, 0.15) is 0 Å². The molecule has 21 heavy (non-hydrogen) atoms. The van der Waals surface area contributed by atoms with Gasteiger partial charge in [-0.1, -0.05) is 60.7 Å². The molecule has 0 saturated carbocycles. The van der Waals surface area contributed by atoms with Crippen LogP contribution in [0.4, 0.5) is 0 Å². The Labute approximate surface area is 122 Å². The van der Waals surface area contributed by atoms with Gasteiger partial charge >= 0.3 is 5.97 Å². The van der Waals surface area contributed by atoms with E-state index in [9.17, 15) is 9.90 Å². The molecular weight excluding hydrogens is 264 g/mol. The Morgan fingerprint density at radius 3 is 2.57 bits per heavy atom. The number of rotatable bonds is 4. The van der Waals surface area contributed by atoms with Crippen LogP contribution in [0.2, 0.25) is 0 Å². The molecule has 0 aliphatic carbocycles. The van der Waals surface area contributed by atoms with Crippen LogP contribution < -0.4 is 0 Å². The van der Waals surface area contributed by atoms with Crippen molar-refractivity contribution in [3.8, 4) is 0 Å². The molecule has 0 saturated heterocycles. The van der Waals surface area contributed by atoms with Gasteiger partial charge in [-0.2, -0.15) is 5.10 Å². The van der Waals surface area contributed by atoms with E-state index in [1.165, 1.54) is 0 Å². The molecule has 0 amide bonds. The molecule has 0 bridgehead atoms. The van der Waals surface area contributed by atoms with Crippen molar-refractivity contribution >= 4 is 22.9 Å². The summed E-state index contributed by atoms with van der Waals surface area (Å²) in [5.74, 6) is -1.00. The first-order valence-corrected chi connectivity index (χ1v) is 6.66. The molecule has 2 aromatic carbocycles. The third-order valence-electron chi connectivity index (χ3n) is 3.25. The first-order valence-electron chi connectivity index (χ1n) is 6.66. The lowest BCUT2D eigenvalue weighted by atomic mass is 10.2. The zero-order valence-electron chi connectivity index (χ0n) is 11.3. The fourth-order valence-electron chi connectivity index (χ4n) is 2.28. The number of aromatic nitrogens is 2. The summed E-state index contributed by atoms with van der Waals surface area (Å²) in [6, 6.07) is 17.3. The molecule has 1 aromatic heterocycles. The molecule has 0 unspecified atom stereocenters. The largest absolute Gasteiger partial charge is 0.476 e. The normalized spacial score (nSPS) is 11.2. The summed E-state index contributed by atoms with van der Waals surface area (Å²) >= 11 is 0. The summed E-state index contributed by atoms with van der Waals surface area (Å²) in [6.07, 6.45) is 3.97. The smallest absolute Gasteiger partial charge is 0.357 e. The number of para-hydroxylation sites is 1. The predicted octanol–water partition coefficient (Wildman–Crippen LogP) is 3.45. The van der Waals surface area contributed by atoms with Crippen LogP contribution >= 0.6 is 0 Å². The number of aromatic carboxylic acids is 1. The molecule has 0 aliphatic rings. The summed E-state index contributed by atoms with van der Waals surface area (Å²) in [6.45, 7) is 0.530. The fourth-order valence-corrected chi connectivity index (χ4v) is 2.28. The van der Waals surface area contributed by atoms with Crippen molar-refractivity contribution in [2.24, 2.45) is 0 Å². The van der Waals surface area contributed by atoms with Crippen molar-refractivity contribution in [2.75, 3.05) is 0 Å². The highest BCUT2D eigenvalue weighted by Gasteiger charge is 2.14. The number of allylic oxidation sites excluding steroid dienone is 1. The van der Waals surface area contributed by atoms with Crippen LogP contribution in [0, 0.1) is 0 Å². The minimum absolute atomic E-state index is 0.0960. The summed E-state index contributed by atoms with van der Waals surface area (Å²) in [5, 5.41) is 14.1. The lowest BCUT2D eigenvalue weighted by Crippen LogP contribution is -2.02. The van der Waals surface area contributed by atoms with E-state index >= 15 is 0 Å². The molecule has 0 fully saturated rings. The average Bonchev–Trinajstić information content (AvgIpc) is 2.88. The molecule has 1 N–H and O–H groups in total. The molecule has 4 nitrogen and oxygen atoms in total. The number of benzene rings is 2. The topological polar surface area (TPSA) is 55.1 Å². The van der Waals surface area contributed by atoms with E-state index in [1.54, 1.807) is 10.7 Å². The molecule has 0 radical (unpaired) electrons. The maximum atomic E-state index is 11.2. The number of carboxylic acids is 1. The Morgan fingerprint density at radius 1 is 1.10 bits per heavy atom. The van der Waals surface area contributed by atoms with E-state index in [0.29, 0.717) is 11.9 Å². The highest BCUT2D eigenvalue weighted by Crippen LogP contribution is 2.18. The molecule has 104 valence electrons. The average molecular weight is 278 g/mol. The highest BCUT2D eigenvalue weighted by atomic mass is 16.4. The SMILES string of the molecule is O=C(O)c1nn(CC=Cc2ccccc2)c2ccccc12. The summed E-state index contributed by atoms with van der Waals surface area (Å²) in [4.78, 5) is 11.2. The monoisotopic (exact) mass is 278 g/mol. The molecule has 3 rings (SSSR count). The van der Waals surface area contributed by atoms with Crippen molar-refractivity contribution in [1.29, 1.82) is 0 Å². The second-order valence-electron chi connectivity index (χ2n) is 4.67. The first-order chi connectivity index (χ1) is 10.3. The van der Waals surface area contributed by atoms with Crippen LogP contribution in [0.15, 0.2) is 60.7 Å². The highest BCUT2D eigenvalue weighted by molar-refractivity contribution is 6.01. The standard InChI is InChI=1S/C17H14N2O2/c20-17(21)16-14-10-4-5-11-15(14)19(18-16)12-6-9-13-7-2-1-3-8-13/h1-11H,12H2,(H,20,21). The predicted molar refractivity (Wildman–Crippen MR) is 82.2 cm³/mol. The summed E-state index contributed by atoms with van der Waals surface area (Å²) in [5.41, 5.74) is 2.03. The minimum atomic E-state index is -1.00. The lowest BCUT2D eigenvalue weighted by molar-refractivity contribution is 0.0691. The van der Waals surface area contributed by atoms with E-state index < -0.39 is 5.97 Å². The lowest BCUT2D eigenvalue weighted by Gasteiger charge is -1.98. The Bertz CT molecular complexity index is 804. The van der Waals surface area contributed by atoms with E-state index in [0.717, 1.165) is 11.1 Å². The quantitative estimate of drug-likeness (QED) is 0.795. The maximum absolute atomic E-state index is 11.2. The number of hydrogen-bond acceptors (Lipinski definition) is 2. The van der Waals surface area contributed by atoms with Crippen molar-refractivity contribution in [1.82, 2.24) is 9.78 Å². The van der Waals surface area contributed by atoms with Gasteiger partial charge < -0.3 is 5.11 Å². The summed E-state index contributed by atoms with van der Waals surface area (Å²) < 4.78 is 1.71. The second kappa shape index (κ2) is 5.63. The zero-order valence-corrected chi connectivity index (χ0v) is 11.3. The number of nitrogens with zero attached hydrogens (tertiary/aromatic N) is 2. The first kappa shape index (κ1) is 13.1. The molecule has 0 aliphatic heterocycles. The third kappa shape index (κ3) is 2.69. The van der Waals surface area contributed by atoms with Gasteiger partial charge in [0.15, 0.2) is 5.69 Å². The van der Waals surface area contributed by atoms with Crippen molar-refractivity contribution in [2.45, 2.75) is 6.54 Å². The van der Waals surface area contributed by atoms with Gasteiger partial charge in [-0.25, -0.2) is 4.79 Å². The van der Waals surface area contributed by atoms with Crippen molar-refractivity contribution in [3.05, 3.63) is 71.9 Å². The van der Waals surface area contributed by atoms with Crippen molar-refractivity contribution < 1.29 is 9.90 Å². The molecule has 0 spiro atoms. The third-order valence-corrected chi connectivity index (χ3v) is 3.25. The Hall–Kier alpha value is -2.88. The van der Waals surface area contributed by atoms with Crippen LogP contribution in [-0.4, -0.2) is 20.9 Å². The summed E-state index contributed by atoms with van der Waals surface area (Å²) in [7, 11) is 0. The van der Waals surface area contributed by atoms with Crippen LogP contribution in [0.3, 0.4) is 0 Å². The van der Waals surface area contributed by atoms with Crippen molar-refractivity contribution in [3.63, 3.8) is 0 Å². The molecule has 0 atom stereocenters. The van der Waals surface area contributed by atoms with Gasteiger partial charge in [0.05, 0.1) is 12.1 Å². The molecular formula is C17H14N2O2. The van der Waals surface area contributed by atoms with Crippen LogP contribution in [0.1, 0.15) is 16.1 Å². The van der Waals surface area contributed by atoms with Gasteiger partial charge in [0.2, 0.25) is 0 Å². The van der Waals surface area contributed by atoms with Gasteiger partial charge in [-0.3, -0.25) is 4.68 Å². The van der Waals surface area contributed by atoms with Gasteiger partial charge in [-0.05, 0) is 11.6 Å². The number of carboxylic acid groups (broad SMARTS) is 1. The van der Waals surface area contributed by atoms with Gasteiger partial charge in [0.25, 0.3) is 0 Å². The Morgan fingerprint density at radius 2 is 1.81 bits per heavy atom. The molecule has 4 heteroatoms. The Balaban J connectivity index is 1.91. The fraction of sp³-hybridized carbons (Fsp3) is 0.0588. The molecule has 3 aromatic rings. The zero-order chi connectivity index (χ0) is 14.7. The van der Waals surface area contributed by atoms with Crippen LogP contribution in [0.5, 0.6) is 0 Å². The second-order valence-corrected chi connectivity index (χ2v) is 4.67. The Kier molecular flexibility index (Phi) is 3.51. The van der Waals surface area contributed by atoms with E-state index in [-0.39, 0.29) is 5.69 Å². The van der Waals surface area contributed by atoms with E-state index in [4.69, 9.17) is 0 Å². The van der Waals surface area contributed by atoms with Gasteiger partial charge in [-0.15, -0.1) is 0 Å². The number of carbonyl (C=O) groups is 1. The minimum Gasteiger partial charge on any atom is -0.476 e. The number of hydrogen-bond donors (Lipinski definition) is 1. The number of fused-ring (bicyclic) bond motifs is 1. The van der Waals surface area contributed by atoms with Crippen LogP contribution in [-0.2, 0) is 6.54 Å². The van der Waals surface area contributed by atoms with E-state index in [1.807, 2.05) is 60.7 Å². The maximum Gasteiger partial charge on any atom is 0.357 e. The van der Waals surface area contributed by atoms with Gasteiger partial charge in [0, 0.05) is 5.39 Å². The van der Waals surface area contributed by atoms with E-state index in [2.05, 4.69) is 5.10 Å².